The molecule has 3 saturated heterocycles. The number of fused-ring (bicyclic) bond motifs is 3. The van der Waals surface area contributed by atoms with Crippen LogP contribution in [-0.2, 0) is 9.84 Å². The van der Waals surface area contributed by atoms with Crippen LogP contribution in [0, 0.1) is 25.7 Å². The second kappa shape index (κ2) is 10.1. The van der Waals surface area contributed by atoms with Crippen LogP contribution in [0.5, 0.6) is 0 Å². The summed E-state index contributed by atoms with van der Waals surface area (Å²) in [5, 5.41) is 8.76. The number of nitrogens with one attached hydrogen (secondary N) is 3. The smallest absolute Gasteiger partial charge is 0.251 e. The Morgan fingerprint density at radius 2 is 1.84 bits per heavy atom. The number of aromatic amines is 1. The number of sulfone groups is 1. The van der Waals surface area contributed by atoms with Crippen molar-refractivity contribution in [2.75, 3.05) is 16.8 Å². The van der Waals surface area contributed by atoms with Gasteiger partial charge in [-0.05, 0) is 100.0 Å². The van der Waals surface area contributed by atoms with Crippen molar-refractivity contribution in [1.29, 1.82) is 0 Å². The maximum absolute atomic E-state index is 12.7. The van der Waals surface area contributed by atoms with Gasteiger partial charge < -0.3 is 15.6 Å². The van der Waals surface area contributed by atoms with E-state index < -0.39 is 9.84 Å². The zero-order valence-electron chi connectivity index (χ0n) is 22.3. The van der Waals surface area contributed by atoms with Crippen molar-refractivity contribution in [1.82, 2.24) is 15.3 Å². The molecule has 202 valence electrons. The highest BCUT2D eigenvalue weighted by atomic mass is 32.2. The summed E-state index contributed by atoms with van der Waals surface area (Å²) in [4.78, 5) is 20.3. The molecule has 4 atom stereocenters. The highest BCUT2D eigenvalue weighted by Gasteiger charge is 2.41. The van der Waals surface area contributed by atoms with E-state index in [0.717, 1.165) is 65.4 Å². The molecule has 0 unspecified atom stereocenters. The number of hydrogen-bond acceptors (Lipinski definition) is 6. The van der Waals surface area contributed by atoms with Gasteiger partial charge in [0.05, 0.1) is 22.7 Å². The third-order valence-corrected chi connectivity index (χ3v) is 10.9. The van der Waals surface area contributed by atoms with E-state index in [1.807, 2.05) is 32.3 Å². The Morgan fingerprint density at radius 1 is 1.03 bits per heavy atom. The van der Waals surface area contributed by atoms with Crippen molar-refractivity contribution in [3.63, 3.8) is 0 Å². The molecule has 2 aromatic heterocycles. The third kappa shape index (κ3) is 5.13. The molecule has 0 saturated carbocycles. The highest BCUT2D eigenvalue weighted by molar-refractivity contribution is 7.91. The second-order valence-corrected chi connectivity index (χ2v) is 14.2. The van der Waals surface area contributed by atoms with Gasteiger partial charge in [0.15, 0.2) is 0 Å². The lowest BCUT2D eigenvalue weighted by molar-refractivity contribution is 0.233. The Kier molecular flexibility index (Phi) is 6.80. The molecule has 1 aromatic carbocycles. The first-order chi connectivity index (χ1) is 18.3. The average Bonchev–Trinajstić information content (AvgIpc) is 3.27. The molecule has 3 N–H and O–H groups in total. The van der Waals surface area contributed by atoms with Crippen LogP contribution >= 0.6 is 0 Å². The molecule has 3 fully saturated rings. The van der Waals surface area contributed by atoms with Crippen LogP contribution in [0.4, 0.5) is 5.69 Å². The van der Waals surface area contributed by atoms with Gasteiger partial charge in [-0.2, -0.15) is 0 Å². The van der Waals surface area contributed by atoms with Crippen molar-refractivity contribution in [2.45, 2.75) is 76.9 Å². The maximum atomic E-state index is 12.7. The molecule has 3 aliphatic rings. The van der Waals surface area contributed by atoms with E-state index in [4.69, 9.17) is 0 Å². The zero-order chi connectivity index (χ0) is 26.4. The van der Waals surface area contributed by atoms with Gasteiger partial charge in [0, 0.05) is 47.0 Å². The van der Waals surface area contributed by atoms with E-state index in [1.165, 1.54) is 12.8 Å². The van der Waals surface area contributed by atoms with Crippen LogP contribution in [0.25, 0.3) is 22.0 Å². The minimum atomic E-state index is -2.83. The van der Waals surface area contributed by atoms with Gasteiger partial charge in [0.2, 0.25) is 0 Å². The highest BCUT2D eigenvalue weighted by Crippen LogP contribution is 2.39. The van der Waals surface area contributed by atoms with Crippen LogP contribution in [0.1, 0.15) is 56.1 Å². The fraction of sp³-hybridized carbons (Fsp3) is 0.533. The summed E-state index contributed by atoms with van der Waals surface area (Å²) in [5.74, 6) is 1.66. The monoisotopic (exact) mass is 534 g/mol. The molecule has 8 heteroatoms. The zero-order valence-corrected chi connectivity index (χ0v) is 23.1. The van der Waals surface area contributed by atoms with Crippen molar-refractivity contribution in [3.05, 3.63) is 58.1 Å². The molecule has 5 heterocycles. The van der Waals surface area contributed by atoms with Crippen molar-refractivity contribution >= 4 is 26.4 Å². The van der Waals surface area contributed by atoms with Crippen LogP contribution < -0.4 is 16.2 Å². The van der Waals surface area contributed by atoms with Gasteiger partial charge in [-0.15, -0.1) is 0 Å². The molecular formula is C30H38N4O3S. The topological polar surface area (TPSA) is 104 Å². The Bertz CT molecular complexity index is 1500. The maximum Gasteiger partial charge on any atom is 0.251 e. The Balaban J connectivity index is 1.29. The number of nitrogens with zero attached hydrogens (tertiary/aromatic N) is 1. The van der Waals surface area contributed by atoms with Gasteiger partial charge >= 0.3 is 0 Å². The molecule has 7 nitrogen and oxygen atoms in total. The van der Waals surface area contributed by atoms with Gasteiger partial charge in [-0.25, -0.2) is 8.42 Å². The predicted octanol–water partition coefficient (Wildman–Crippen LogP) is 4.73. The Labute approximate surface area is 224 Å². The largest absolute Gasteiger partial charge is 0.380 e. The molecule has 38 heavy (non-hydrogen) atoms. The molecule has 2 bridgehead atoms. The number of benzene rings is 1. The lowest BCUT2D eigenvalue weighted by Crippen LogP contribution is -2.51. The van der Waals surface area contributed by atoms with E-state index in [0.29, 0.717) is 47.0 Å². The first-order valence-corrected chi connectivity index (χ1v) is 15.9. The van der Waals surface area contributed by atoms with E-state index in [-0.39, 0.29) is 5.56 Å². The summed E-state index contributed by atoms with van der Waals surface area (Å²) in [6.45, 7) is 3.90. The fourth-order valence-corrected chi connectivity index (χ4v) is 8.62. The van der Waals surface area contributed by atoms with Gasteiger partial charge in [0.1, 0.15) is 9.84 Å². The number of H-pyrrole nitrogens is 1. The number of piperidine rings is 1. The fourth-order valence-electron chi connectivity index (χ4n) is 7.03. The SMILES string of the molecule is Cc1cncc(-c2ccc(N[C@@H]3C[C@H]4CC[C@H](N4)[C@H]3CCC3CCS(=O)(=O)CC3)c3[nH]c(=O)c(C)cc23)c1. The minimum Gasteiger partial charge on any atom is -0.380 e. The summed E-state index contributed by atoms with van der Waals surface area (Å²) in [6, 6.07) is 9.71. The molecule has 0 radical (unpaired) electrons. The summed E-state index contributed by atoms with van der Waals surface area (Å²) in [7, 11) is -2.83. The molecular weight excluding hydrogens is 496 g/mol. The van der Waals surface area contributed by atoms with E-state index in [2.05, 4.69) is 38.8 Å². The quantitative estimate of drug-likeness (QED) is 0.422. The number of aromatic nitrogens is 2. The standard InChI is InChI=1S/C30H38N4O3S/c1-18-13-21(17-31-16-18)23-6-8-27(29-25(23)14-19(2)30(35)34-29)33-28-15-22-4-7-26(32-22)24(28)5-3-20-9-11-38(36,37)12-10-20/h6,8,13-14,16-17,20,22,24,26,28,32-33H,3-5,7,9-12,15H2,1-2H3,(H,34,35)/t22-,24-,26+,28-/m1/s1. The normalized spacial score (nSPS) is 27.0. The molecule has 0 spiro atoms. The number of pyridine rings is 2. The second-order valence-electron chi connectivity index (χ2n) is 11.9. The first kappa shape index (κ1) is 25.6. The predicted molar refractivity (Wildman–Crippen MR) is 153 cm³/mol. The average molecular weight is 535 g/mol. The van der Waals surface area contributed by atoms with Gasteiger partial charge in [-0.3, -0.25) is 9.78 Å². The summed E-state index contributed by atoms with van der Waals surface area (Å²) < 4.78 is 23.8. The number of anilines is 1. The summed E-state index contributed by atoms with van der Waals surface area (Å²) in [6.07, 6.45) is 11.0. The lowest BCUT2D eigenvalue weighted by Gasteiger charge is -2.39. The van der Waals surface area contributed by atoms with E-state index in [9.17, 15) is 13.2 Å². The van der Waals surface area contributed by atoms with Gasteiger partial charge in [0.25, 0.3) is 5.56 Å². The van der Waals surface area contributed by atoms with Crippen molar-refractivity contribution < 1.29 is 8.42 Å². The third-order valence-electron chi connectivity index (χ3n) is 9.16. The minimum absolute atomic E-state index is 0.0609. The number of hydrogen-bond donors (Lipinski definition) is 3. The van der Waals surface area contributed by atoms with Crippen molar-refractivity contribution in [2.24, 2.45) is 11.8 Å². The van der Waals surface area contributed by atoms with E-state index in [1.54, 1.807) is 0 Å². The van der Waals surface area contributed by atoms with Crippen LogP contribution in [0.2, 0.25) is 0 Å². The summed E-state index contributed by atoms with van der Waals surface area (Å²) >= 11 is 0. The molecule has 3 aromatic rings. The lowest BCUT2D eigenvalue weighted by atomic mass is 9.80. The van der Waals surface area contributed by atoms with Crippen molar-refractivity contribution in [3.8, 4) is 11.1 Å². The Morgan fingerprint density at radius 3 is 2.63 bits per heavy atom. The molecule has 0 aliphatic carbocycles. The summed E-state index contributed by atoms with van der Waals surface area (Å²) in [5.41, 5.74) is 5.67. The number of rotatable bonds is 6. The van der Waals surface area contributed by atoms with Crippen LogP contribution in [0.15, 0.2) is 41.5 Å². The van der Waals surface area contributed by atoms with Crippen LogP contribution in [-0.4, -0.2) is 48.0 Å². The Hall–Kier alpha value is -2.71. The van der Waals surface area contributed by atoms with Gasteiger partial charge in [-0.1, -0.05) is 6.07 Å². The molecule has 3 aliphatic heterocycles. The molecule has 0 amide bonds. The first-order valence-electron chi connectivity index (χ1n) is 14.1. The molecule has 6 rings (SSSR count). The number of aryl methyl sites for hydroxylation is 2. The van der Waals surface area contributed by atoms with Crippen LogP contribution in [0.3, 0.4) is 0 Å². The van der Waals surface area contributed by atoms with E-state index >= 15 is 0 Å².